The molecule has 2 unspecified atom stereocenters. The van der Waals surface area contributed by atoms with Crippen LogP contribution in [0.1, 0.15) is 75.3 Å². The summed E-state index contributed by atoms with van der Waals surface area (Å²) in [6, 6.07) is 8.30. The van der Waals surface area contributed by atoms with Crippen molar-refractivity contribution in [1.82, 2.24) is 10.6 Å². The van der Waals surface area contributed by atoms with Crippen molar-refractivity contribution in [3.63, 3.8) is 0 Å². The molecule has 2 amide bonds. The van der Waals surface area contributed by atoms with E-state index in [4.69, 9.17) is 23.2 Å². The van der Waals surface area contributed by atoms with Crippen LogP contribution in [0.4, 0.5) is 8.78 Å². The lowest BCUT2D eigenvalue weighted by Crippen LogP contribution is -2.53. The van der Waals surface area contributed by atoms with E-state index in [2.05, 4.69) is 10.6 Å². The third kappa shape index (κ3) is 9.91. The van der Waals surface area contributed by atoms with Gasteiger partial charge in [0.05, 0.1) is 12.1 Å². The zero-order chi connectivity index (χ0) is 33.2. The first-order valence-corrected chi connectivity index (χ1v) is 16.9. The van der Waals surface area contributed by atoms with E-state index in [1.54, 1.807) is 0 Å². The molecule has 2 aliphatic carbocycles. The zero-order valence-corrected chi connectivity index (χ0v) is 27.1. The molecule has 2 aromatic carbocycles. The van der Waals surface area contributed by atoms with Crippen molar-refractivity contribution < 1.29 is 32.8 Å². The topological polar surface area (TPSA) is 109 Å². The van der Waals surface area contributed by atoms with E-state index in [0.29, 0.717) is 36.8 Å². The molecule has 248 valence electrons. The smallest absolute Gasteiger partial charge is 0.223 e. The normalized spacial score (nSPS) is 18.5. The van der Waals surface area contributed by atoms with Crippen LogP contribution >= 0.6 is 23.2 Å². The molecule has 2 fully saturated rings. The number of alkyl halides is 2. The fourth-order valence-electron chi connectivity index (χ4n) is 6.23. The monoisotopic (exact) mass is 676 g/mol. The average molecular weight is 678 g/mol. The van der Waals surface area contributed by atoms with Gasteiger partial charge in [0.25, 0.3) is 0 Å². The van der Waals surface area contributed by atoms with Crippen molar-refractivity contribution in [2.45, 2.75) is 99.9 Å². The molecule has 4 atom stereocenters. The summed E-state index contributed by atoms with van der Waals surface area (Å²) in [7, 11) is 0. The van der Waals surface area contributed by atoms with E-state index in [1.807, 2.05) is 0 Å². The second-order valence-corrected chi connectivity index (χ2v) is 13.3. The standard InChI is InChI=1S/C35H40Cl2F2N2O5/c36-29(31(42)27(19-21-11-15-25(38)16-12-21)40-34(45)23-7-3-1-4-8-23)33(44)30(37)32(43)28(20-22-13-17-26(39)18-14-22)41-35(46)24-9-5-2-6-10-24/h11-18,23-24,27-30H,1-10,19-20H2,(H,40,45)(H,41,46)/t27-,28-,29?,30?/m0/s1. The Balaban J connectivity index is 1.50. The highest BCUT2D eigenvalue weighted by Crippen LogP contribution is 2.26. The van der Waals surface area contributed by atoms with Crippen LogP contribution in [0.2, 0.25) is 0 Å². The molecule has 0 spiro atoms. The predicted octanol–water partition coefficient (Wildman–Crippen LogP) is 5.80. The molecular weight excluding hydrogens is 637 g/mol. The van der Waals surface area contributed by atoms with E-state index < -0.39 is 51.8 Å². The van der Waals surface area contributed by atoms with E-state index in [1.165, 1.54) is 48.5 Å². The van der Waals surface area contributed by atoms with Crippen molar-refractivity contribution in [3.8, 4) is 0 Å². The number of rotatable bonds is 14. The third-order valence-corrected chi connectivity index (χ3v) is 9.84. The number of carbonyl (C=O) groups excluding carboxylic acids is 5. The molecule has 0 radical (unpaired) electrons. The van der Waals surface area contributed by atoms with Crippen molar-refractivity contribution in [3.05, 3.63) is 71.3 Å². The van der Waals surface area contributed by atoms with Gasteiger partial charge in [-0.15, -0.1) is 23.2 Å². The number of nitrogens with one attached hydrogen (secondary N) is 2. The number of carbonyl (C=O) groups is 5. The number of hydrogen-bond donors (Lipinski definition) is 2. The van der Waals surface area contributed by atoms with Crippen molar-refractivity contribution >= 4 is 52.4 Å². The maximum absolute atomic E-state index is 13.7. The zero-order valence-electron chi connectivity index (χ0n) is 25.6. The van der Waals surface area contributed by atoms with Gasteiger partial charge in [-0.2, -0.15) is 0 Å². The average Bonchev–Trinajstić information content (AvgIpc) is 3.08. The molecule has 0 bridgehead atoms. The SMILES string of the molecule is O=C(N[C@@H](Cc1ccc(F)cc1)C(=O)C(Cl)C(=O)C(Cl)C(=O)[C@H](Cc1ccc(F)cc1)NC(=O)C1CCCCC1)C1CCCCC1. The Morgan fingerprint density at radius 2 is 0.891 bits per heavy atom. The fraction of sp³-hybridized carbons (Fsp3) is 0.514. The van der Waals surface area contributed by atoms with Crippen LogP contribution in [0.25, 0.3) is 0 Å². The molecule has 46 heavy (non-hydrogen) atoms. The van der Waals surface area contributed by atoms with Gasteiger partial charge in [0.2, 0.25) is 11.8 Å². The van der Waals surface area contributed by atoms with E-state index >= 15 is 0 Å². The maximum atomic E-state index is 13.7. The van der Waals surface area contributed by atoms with E-state index in [-0.39, 0.29) is 36.5 Å². The van der Waals surface area contributed by atoms with Gasteiger partial charge < -0.3 is 10.6 Å². The Hall–Kier alpha value is -3.17. The second kappa shape index (κ2) is 17.1. The summed E-state index contributed by atoms with van der Waals surface area (Å²) in [6.07, 6.45) is 8.17. The number of hydrogen-bond acceptors (Lipinski definition) is 5. The van der Waals surface area contributed by atoms with Crippen LogP contribution in [0.3, 0.4) is 0 Å². The summed E-state index contributed by atoms with van der Waals surface area (Å²) in [5, 5.41) is 1.71. The summed E-state index contributed by atoms with van der Waals surface area (Å²) in [5.41, 5.74) is 1.06. The molecule has 0 heterocycles. The molecule has 2 N–H and O–H groups in total. The van der Waals surface area contributed by atoms with Crippen LogP contribution in [-0.4, -0.2) is 52.0 Å². The number of amides is 2. The number of Topliss-reactive ketones (excluding diaryl/α,β-unsaturated/α-hetero) is 3. The lowest BCUT2D eigenvalue weighted by atomic mass is 9.87. The fourth-order valence-corrected chi connectivity index (χ4v) is 6.85. The van der Waals surface area contributed by atoms with Gasteiger partial charge in [-0.25, -0.2) is 8.78 Å². The van der Waals surface area contributed by atoms with Crippen LogP contribution < -0.4 is 10.6 Å². The first-order chi connectivity index (χ1) is 22.0. The molecule has 0 saturated heterocycles. The molecule has 4 rings (SSSR count). The lowest BCUT2D eigenvalue weighted by molar-refractivity contribution is -0.135. The van der Waals surface area contributed by atoms with Gasteiger partial charge in [0, 0.05) is 11.8 Å². The van der Waals surface area contributed by atoms with Gasteiger partial charge in [0.15, 0.2) is 28.1 Å². The van der Waals surface area contributed by atoms with Gasteiger partial charge in [-0.1, -0.05) is 62.8 Å². The van der Waals surface area contributed by atoms with E-state index in [9.17, 15) is 32.8 Å². The first kappa shape index (κ1) is 35.7. The highest BCUT2D eigenvalue weighted by atomic mass is 35.5. The van der Waals surface area contributed by atoms with Crippen LogP contribution in [0.5, 0.6) is 0 Å². The maximum Gasteiger partial charge on any atom is 0.223 e. The Morgan fingerprint density at radius 1 is 0.565 bits per heavy atom. The first-order valence-electron chi connectivity index (χ1n) is 16.0. The van der Waals surface area contributed by atoms with Crippen molar-refractivity contribution in [1.29, 1.82) is 0 Å². The summed E-state index contributed by atoms with van der Waals surface area (Å²) in [4.78, 5) is 67.0. The molecule has 2 aliphatic rings. The minimum Gasteiger partial charge on any atom is -0.346 e. The Kier molecular flexibility index (Phi) is 13.3. The van der Waals surface area contributed by atoms with Crippen molar-refractivity contribution in [2.24, 2.45) is 11.8 Å². The highest BCUT2D eigenvalue weighted by molar-refractivity contribution is 6.52. The summed E-state index contributed by atoms with van der Waals surface area (Å²) >= 11 is 12.8. The minimum atomic E-state index is -1.89. The summed E-state index contributed by atoms with van der Waals surface area (Å²) < 4.78 is 27.1. The third-order valence-electron chi connectivity index (χ3n) is 8.98. The molecular formula is C35H40Cl2F2N2O5. The lowest BCUT2D eigenvalue weighted by Gasteiger charge is -2.27. The van der Waals surface area contributed by atoms with Gasteiger partial charge in [-0.05, 0) is 73.9 Å². The Morgan fingerprint density at radius 3 is 1.22 bits per heavy atom. The Labute approximate surface area is 278 Å². The molecule has 0 aliphatic heterocycles. The second-order valence-electron chi connectivity index (χ2n) is 12.4. The molecule has 11 heteroatoms. The van der Waals surface area contributed by atoms with Gasteiger partial charge in [-0.3, -0.25) is 24.0 Å². The number of halogens is 4. The van der Waals surface area contributed by atoms with Crippen LogP contribution in [0.15, 0.2) is 48.5 Å². The molecule has 7 nitrogen and oxygen atoms in total. The largest absolute Gasteiger partial charge is 0.346 e. The molecule has 2 aromatic rings. The van der Waals surface area contributed by atoms with Crippen LogP contribution in [0, 0.1) is 23.5 Å². The number of ketones is 3. The quantitative estimate of drug-likeness (QED) is 0.194. The highest BCUT2D eigenvalue weighted by Gasteiger charge is 2.41. The molecule has 2 saturated carbocycles. The number of benzene rings is 2. The Bertz CT molecular complexity index is 1270. The predicted molar refractivity (Wildman–Crippen MR) is 172 cm³/mol. The van der Waals surface area contributed by atoms with Gasteiger partial charge >= 0.3 is 0 Å². The summed E-state index contributed by atoms with van der Waals surface area (Å²) in [6.45, 7) is 0. The summed E-state index contributed by atoms with van der Waals surface area (Å²) in [5.74, 6) is -4.96. The van der Waals surface area contributed by atoms with Crippen LogP contribution in [-0.2, 0) is 36.8 Å². The van der Waals surface area contributed by atoms with E-state index in [0.717, 1.165) is 38.5 Å². The van der Waals surface area contributed by atoms with Gasteiger partial charge in [0.1, 0.15) is 11.6 Å². The minimum absolute atomic E-state index is 0.0559. The van der Waals surface area contributed by atoms with Crippen molar-refractivity contribution in [2.75, 3.05) is 0 Å². The molecule has 0 aromatic heterocycles.